The summed E-state index contributed by atoms with van der Waals surface area (Å²) in [5.74, 6) is -1.60. The van der Waals surface area contributed by atoms with Crippen molar-refractivity contribution < 1.29 is 33.4 Å². The first kappa shape index (κ1) is 28.9. The molecule has 0 aliphatic heterocycles. The number of rotatable bonds is 14. The van der Waals surface area contributed by atoms with Gasteiger partial charge in [0.05, 0.1) is 19.8 Å². The fourth-order valence-corrected chi connectivity index (χ4v) is 3.42. The van der Waals surface area contributed by atoms with Gasteiger partial charge in [0, 0.05) is 12.6 Å². The van der Waals surface area contributed by atoms with E-state index >= 15 is 0 Å². The first-order valence-electron chi connectivity index (χ1n) is 11.7. The van der Waals surface area contributed by atoms with Crippen molar-refractivity contribution in [1.82, 2.24) is 15.6 Å². The van der Waals surface area contributed by atoms with E-state index in [9.17, 15) is 19.5 Å². The molecule has 0 aliphatic rings. The van der Waals surface area contributed by atoms with E-state index in [0.717, 1.165) is 6.26 Å². The fraction of sp³-hybridized carbons (Fsp3) is 0.458. The van der Waals surface area contributed by atoms with Crippen LogP contribution in [0.5, 0.6) is 11.5 Å². The highest BCUT2D eigenvalue weighted by atomic mass is 16.5. The summed E-state index contributed by atoms with van der Waals surface area (Å²) in [7, 11) is 2.96. The second kappa shape index (κ2) is 13.7. The van der Waals surface area contributed by atoms with Crippen LogP contribution in [0.25, 0.3) is 0 Å². The number of guanidine groups is 1. The summed E-state index contributed by atoms with van der Waals surface area (Å²) in [6.07, 6.45) is 2.25. The van der Waals surface area contributed by atoms with Crippen LogP contribution in [0.2, 0.25) is 0 Å². The van der Waals surface area contributed by atoms with Gasteiger partial charge in [-0.2, -0.15) is 0 Å². The van der Waals surface area contributed by atoms with Gasteiger partial charge in [0.15, 0.2) is 11.7 Å². The zero-order valence-electron chi connectivity index (χ0n) is 21.3. The van der Waals surface area contributed by atoms with Crippen molar-refractivity contribution in [2.45, 2.75) is 45.2 Å². The fourth-order valence-electron chi connectivity index (χ4n) is 3.42. The quantitative estimate of drug-likeness (QED) is 0.138. The average Bonchev–Trinajstić information content (AvgIpc) is 3.37. The Kier molecular flexibility index (Phi) is 10.7. The number of aliphatic imine (C=N–C) groups is 1. The highest BCUT2D eigenvalue weighted by Crippen LogP contribution is 2.28. The molecule has 7 N–H and O–H groups in total. The third-order valence-electron chi connectivity index (χ3n) is 5.72. The zero-order valence-corrected chi connectivity index (χ0v) is 21.3. The van der Waals surface area contributed by atoms with Crippen LogP contribution in [0.1, 0.15) is 65.9 Å². The minimum Gasteiger partial charge on any atom is -0.497 e. The van der Waals surface area contributed by atoms with Crippen LogP contribution >= 0.6 is 0 Å². The Morgan fingerprint density at radius 1 is 1.16 bits per heavy atom. The van der Waals surface area contributed by atoms with E-state index in [-0.39, 0.29) is 42.0 Å². The van der Waals surface area contributed by atoms with Gasteiger partial charge in [-0.3, -0.25) is 14.6 Å². The summed E-state index contributed by atoms with van der Waals surface area (Å²) >= 11 is 0. The van der Waals surface area contributed by atoms with Crippen LogP contribution in [0.4, 0.5) is 0 Å². The summed E-state index contributed by atoms with van der Waals surface area (Å²) in [5, 5.41) is 14.8. The molecule has 2 rings (SSSR count). The molecule has 0 aliphatic carbocycles. The monoisotopic (exact) mass is 518 g/mol. The van der Waals surface area contributed by atoms with E-state index < -0.39 is 29.9 Å². The number of benzene rings is 1. The third-order valence-corrected chi connectivity index (χ3v) is 5.72. The molecule has 2 amide bonds. The summed E-state index contributed by atoms with van der Waals surface area (Å²) in [6.45, 7) is 4.07. The molecule has 0 fully saturated rings. The molecule has 1 aromatic heterocycles. The molecule has 0 radical (unpaired) electrons. The van der Waals surface area contributed by atoms with E-state index in [1.807, 2.05) is 13.8 Å². The number of carboxylic acid groups (broad SMARTS) is 1. The summed E-state index contributed by atoms with van der Waals surface area (Å²) in [5.41, 5.74) is 10.7. The van der Waals surface area contributed by atoms with Crippen molar-refractivity contribution in [1.29, 1.82) is 0 Å². The number of aliphatic carboxylic acids is 1. The summed E-state index contributed by atoms with van der Waals surface area (Å²) in [4.78, 5) is 45.4. The van der Waals surface area contributed by atoms with Gasteiger partial charge in [0.25, 0.3) is 11.8 Å². The van der Waals surface area contributed by atoms with Gasteiger partial charge in [0.1, 0.15) is 29.8 Å². The molecule has 1 heterocycles. The number of nitrogens with one attached hydrogen (secondary N) is 2. The average molecular weight is 519 g/mol. The molecule has 13 heteroatoms. The molecule has 0 saturated heterocycles. The molecule has 2 aromatic rings. The highest BCUT2D eigenvalue weighted by molar-refractivity contribution is 5.97. The Hall–Kier alpha value is -4.29. The Morgan fingerprint density at radius 2 is 1.89 bits per heavy atom. The molecule has 0 unspecified atom stereocenters. The number of hydrogen-bond donors (Lipinski definition) is 5. The molecule has 13 nitrogen and oxygen atoms in total. The van der Waals surface area contributed by atoms with Crippen LogP contribution in [0.15, 0.2) is 33.9 Å². The largest absolute Gasteiger partial charge is 0.497 e. The first-order chi connectivity index (χ1) is 17.6. The van der Waals surface area contributed by atoms with Gasteiger partial charge in [0.2, 0.25) is 5.89 Å². The zero-order chi connectivity index (χ0) is 27.5. The molecule has 202 valence electrons. The SMILES string of the molecule is CC[C@H](C)[C@H](NC(=O)c1ccc(OC)cc1OC)c1nc(C(=O)N[C@@H](CCCN=C(N)N)C(=O)O)co1. The van der Waals surface area contributed by atoms with Crippen molar-refractivity contribution in [3.05, 3.63) is 41.6 Å². The van der Waals surface area contributed by atoms with Crippen molar-refractivity contribution in [2.24, 2.45) is 22.4 Å². The molecule has 37 heavy (non-hydrogen) atoms. The van der Waals surface area contributed by atoms with Gasteiger partial charge in [-0.05, 0) is 30.9 Å². The minimum atomic E-state index is -1.21. The maximum Gasteiger partial charge on any atom is 0.326 e. The standard InChI is InChI=1S/C24H34N6O7/c1-5-13(2)19(30-20(31)15-9-8-14(35-3)11-18(15)36-4)22-29-17(12-37-22)21(32)28-16(23(33)34)7-6-10-27-24(25)26/h8-9,11-13,16,19H,5-7,10H2,1-4H3,(H,28,32)(H,30,31)(H,33,34)(H4,25,26,27)/t13-,16-,19-/m0/s1. The molecule has 0 bridgehead atoms. The predicted octanol–water partition coefficient (Wildman–Crippen LogP) is 1.45. The number of carboxylic acids is 1. The van der Waals surface area contributed by atoms with E-state index in [1.165, 1.54) is 14.2 Å². The lowest BCUT2D eigenvalue weighted by Gasteiger charge is -2.22. The number of oxazole rings is 1. The maximum absolute atomic E-state index is 13.1. The Balaban J connectivity index is 2.17. The van der Waals surface area contributed by atoms with E-state index in [4.69, 9.17) is 25.4 Å². The second-order valence-corrected chi connectivity index (χ2v) is 8.29. The van der Waals surface area contributed by atoms with Gasteiger partial charge >= 0.3 is 5.97 Å². The number of carbonyl (C=O) groups is 3. The number of nitrogens with zero attached hydrogens (tertiary/aromatic N) is 2. The molecule has 3 atom stereocenters. The molecule has 0 saturated carbocycles. The van der Waals surface area contributed by atoms with Gasteiger partial charge in [-0.25, -0.2) is 9.78 Å². The summed E-state index contributed by atoms with van der Waals surface area (Å²) in [6, 6.07) is 2.97. The highest BCUT2D eigenvalue weighted by Gasteiger charge is 2.29. The van der Waals surface area contributed by atoms with E-state index in [2.05, 4.69) is 20.6 Å². The van der Waals surface area contributed by atoms with Crippen LogP contribution < -0.4 is 31.6 Å². The Labute approximate surface area is 214 Å². The minimum absolute atomic E-state index is 0.0978. The van der Waals surface area contributed by atoms with Crippen LogP contribution in [0, 0.1) is 5.92 Å². The first-order valence-corrected chi connectivity index (χ1v) is 11.7. The number of nitrogens with two attached hydrogens (primary N) is 2. The lowest BCUT2D eigenvalue weighted by atomic mass is 9.98. The van der Waals surface area contributed by atoms with Gasteiger partial charge in [-0.1, -0.05) is 20.3 Å². The molecule has 0 spiro atoms. The van der Waals surface area contributed by atoms with Crippen LogP contribution in [-0.4, -0.2) is 60.6 Å². The number of amides is 2. The van der Waals surface area contributed by atoms with Crippen LogP contribution in [-0.2, 0) is 4.79 Å². The van der Waals surface area contributed by atoms with Gasteiger partial charge in [-0.15, -0.1) is 0 Å². The van der Waals surface area contributed by atoms with Crippen molar-refractivity contribution >= 4 is 23.7 Å². The third kappa shape index (κ3) is 8.12. The number of ether oxygens (including phenoxy) is 2. The number of carbonyl (C=O) groups excluding carboxylic acids is 2. The van der Waals surface area contributed by atoms with Gasteiger partial charge < -0.3 is 41.1 Å². The lowest BCUT2D eigenvalue weighted by Crippen LogP contribution is -2.41. The Morgan fingerprint density at radius 3 is 2.49 bits per heavy atom. The van der Waals surface area contributed by atoms with Crippen molar-refractivity contribution in [3.8, 4) is 11.5 Å². The number of methoxy groups -OCH3 is 2. The van der Waals surface area contributed by atoms with E-state index in [1.54, 1.807) is 18.2 Å². The normalized spacial score (nSPS) is 13.1. The number of hydrogen-bond acceptors (Lipinski definition) is 8. The van der Waals surface area contributed by atoms with Crippen molar-refractivity contribution in [2.75, 3.05) is 20.8 Å². The molecular formula is C24H34N6O7. The van der Waals surface area contributed by atoms with Crippen molar-refractivity contribution in [3.63, 3.8) is 0 Å². The topological polar surface area (TPSA) is 204 Å². The number of aromatic nitrogens is 1. The molecule has 1 aromatic carbocycles. The lowest BCUT2D eigenvalue weighted by molar-refractivity contribution is -0.139. The Bertz CT molecular complexity index is 1110. The smallest absolute Gasteiger partial charge is 0.326 e. The summed E-state index contributed by atoms with van der Waals surface area (Å²) < 4.78 is 16.0. The predicted molar refractivity (Wildman–Crippen MR) is 135 cm³/mol. The second-order valence-electron chi connectivity index (χ2n) is 8.29. The van der Waals surface area contributed by atoms with E-state index in [0.29, 0.717) is 24.3 Å². The molecular weight excluding hydrogens is 484 g/mol. The van der Waals surface area contributed by atoms with Crippen LogP contribution in [0.3, 0.4) is 0 Å². The maximum atomic E-state index is 13.1.